The Hall–Kier alpha value is 0.982. The molecule has 8 heavy (non-hydrogen) atoms. The summed E-state index contributed by atoms with van der Waals surface area (Å²) in [4.78, 5) is 0. The minimum atomic E-state index is -5.17. The number of hydrogen-bond acceptors (Lipinski definition) is 4. The van der Waals surface area contributed by atoms with E-state index in [1.165, 1.54) is 0 Å². The van der Waals surface area contributed by atoms with E-state index in [0.717, 1.165) is 0 Å². The first-order chi connectivity index (χ1) is 2.00. The summed E-state index contributed by atoms with van der Waals surface area (Å²) in [5, 5.41) is 0. The van der Waals surface area contributed by atoms with E-state index in [-0.39, 0.29) is 42.1 Å². The van der Waals surface area contributed by atoms with Crippen molar-refractivity contribution in [2.75, 3.05) is 0 Å². The van der Waals surface area contributed by atoms with Gasteiger partial charge < -0.3 is 13.8 Å². The van der Waals surface area contributed by atoms with Crippen LogP contribution in [0.1, 0.15) is 0 Å². The predicted octanol–water partition coefficient (Wildman–Crippen LogP) is -7.33. The average Bonchev–Trinajstić information content (AvgIpc) is 0.722. The summed E-state index contributed by atoms with van der Waals surface area (Å²) in [6, 6.07) is 0. The zero-order chi connectivity index (χ0) is 4.50. The van der Waals surface area contributed by atoms with Gasteiger partial charge >= 0.3 is 18.9 Å². The van der Waals surface area contributed by atoms with Gasteiger partial charge in [0.15, 0.2) is 0 Å². The van der Waals surface area contributed by atoms with Crippen LogP contribution in [0.5, 0.6) is 0 Å². The van der Waals surface area contributed by atoms with Crippen LogP contribution >= 0.6 is 0 Å². The maximum absolute atomic E-state index is 8.52. The van der Waals surface area contributed by atoms with Gasteiger partial charge in [-0.15, -0.1) is 0 Å². The van der Waals surface area contributed by atoms with Gasteiger partial charge in [-0.25, -0.2) is 0 Å². The molecule has 4 nitrogen and oxygen atoms in total. The summed E-state index contributed by atoms with van der Waals surface area (Å²) < 4.78 is 34.1. The molecule has 0 bridgehead atoms. The smallest absolute Gasteiger partial charge is 1.00 e. The Bertz CT molecular complexity index is 99.2. The van der Waals surface area contributed by atoms with Crippen molar-refractivity contribution >= 4 is 10.4 Å². The average molecular weight is 173 g/mol. The van der Waals surface area contributed by atoms with Crippen LogP contribution < -0.4 is 23.6 Å². The van der Waals surface area contributed by atoms with E-state index < -0.39 is 10.4 Å². The molecule has 0 rings (SSSR count). The molecular formula is FLiO4SV-2. The summed E-state index contributed by atoms with van der Waals surface area (Å²) in [7, 11) is -5.17. The topological polar surface area (TPSA) is 80.3 Å². The first kappa shape index (κ1) is 23.1. The van der Waals surface area contributed by atoms with Crippen molar-refractivity contribution in [3.8, 4) is 0 Å². The Kier molecular flexibility index (Phi) is 23.0. The number of hydrogen-bond donors (Lipinski definition) is 0. The van der Waals surface area contributed by atoms with Gasteiger partial charge in [-0.2, -0.15) is 0 Å². The Morgan fingerprint density at radius 2 is 1.12 bits per heavy atom. The molecule has 0 atom stereocenters. The molecule has 0 aliphatic rings. The van der Waals surface area contributed by atoms with Crippen LogP contribution in [0.15, 0.2) is 0 Å². The molecule has 0 aromatic rings. The van der Waals surface area contributed by atoms with Crippen molar-refractivity contribution in [1.29, 1.82) is 0 Å². The van der Waals surface area contributed by atoms with Gasteiger partial charge in [-0.3, -0.25) is 8.42 Å². The van der Waals surface area contributed by atoms with E-state index in [2.05, 4.69) is 0 Å². The molecule has 1 radical (unpaired) electrons. The third kappa shape index (κ3) is 259. The molecule has 0 saturated heterocycles. The van der Waals surface area contributed by atoms with Crippen molar-refractivity contribution in [3.63, 3.8) is 0 Å². The molecule has 0 aliphatic heterocycles. The molecule has 0 saturated carbocycles. The minimum absolute atomic E-state index is 0. The third-order valence-electron chi connectivity index (χ3n) is 0. The summed E-state index contributed by atoms with van der Waals surface area (Å²) in [5.74, 6) is 0. The molecule has 8 heteroatoms. The molecule has 0 aliphatic carbocycles. The Morgan fingerprint density at radius 1 is 1.12 bits per heavy atom. The monoisotopic (exact) mass is 173 g/mol. The second-order valence-corrected chi connectivity index (χ2v) is 1.22. The quantitative estimate of drug-likeness (QED) is 0.207. The van der Waals surface area contributed by atoms with E-state index in [1.54, 1.807) is 0 Å². The van der Waals surface area contributed by atoms with E-state index >= 15 is 0 Å². The van der Waals surface area contributed by atoms with Crippen LogP contribution in [0.4, 0.5) is 0 Å². The number of rotatable bonds is 0. The maximum Gasteiger partial charge on any atom is 1.00 e. The van der Waals surface area contributed by atoms with E-state index in [1.807, 2.05) is 0 Å². The third-order valence-corrected chi connectivity index (χ3v) is 0. The predicted molar refractivity (Wildman–Crippen MR) is 10.5 cm³/mol. The van der Waals surface area contributed by atoms with Gasteiger partial charge in [-0.05, 0) is 0 Å². The van der Waals surface area contributed by atoms with Crippen molar-refractivity contribution < 1.29 is 59.6 Å². The van der Waals surface area contributed by atoms with Gasteiger partial charge in [0.25, 0.3) is 0 Å². The standard InChI is InChI=1S/FH.Li.H2O4S.V/c;;1-5(2,3)4;/h1H;;(H2,1,2,3,4);/q;+1;;/p-3. The summed E-state index contributed by atoms with van der Waals surface area (Å²) in [6.07, 6.45) is 0. The van der Waals surface area contributed by atoms with Gasteiger partial charge in [-0.1, -0.05) is 0 Å². The Balaban J connectivity index is -0.0000000267. The van der Waals surface area contributed by atoms with Crippen molar-refractivity contribution in [2.45, 2.75) is 0 Å². The van der Waals surface area contributed by atoms with Gasteiger partial charge in [0.1, 0.15) is 0 Å². The molecule has 0 aromatic heterocycles. The largest absolute Gasteiger partial charge is 1.00 e. The van der Waals surface area contributed by atoms with Crippen molar-refractivity contribution in [3.05, 3.63) is 0 Å². The van der Waals surface area contributed by atoms with Crippen LogP contribution in [-0.4, -0.2) is 17.5 Å². The second-order valence-electron chi connectivity index (χ2n) is 0.408. The zero-order valence-corrected chi connectivity index (χ0v) is 6.08. The van der Waals surface area contributed by atoms with Crippen molar-refractivity contribution in [2.24, 2.45) is 0 Å². The number of halogens is 1. The van der Waals surface area contributed by atoms with Crippen LogP contribution in [-0.2, 0) is 29.0 Å². The Morgan fingerprint density at radius 3 is 1.12 bits per heavy atom. The van der Waals surface area contributed by atoms with Crippen LogP contribution in [0.25, 0.3) is 0 Å². The first-order valence-corrected chi connectivity index (χ1v) is 2.00. The van der Waals surface area contributed by atoms with Gasteiger partial charge in [0, 0.05) is 29.0 Å². The molecule has 0 unspecified atom stereocenters. The fourth-order valence-corrected chi connectivity index (χ4v) is 0. The SMILES string of the molecule is O=S(=O)([O-])[O-].[F-].[Li+].[V]. The molecule has 0 aromatic carbocycles. The molecule has 0 heterocycles. The van der Waals surface area contributed by atoms with E-state index in [9.17, 15) is 0 Å². The normalized spacial score (nSPS) is 7.25. The zero-order valence-electron chi connectivity index (χ0n) is 3.87. The summed E-state index contributed by atoms with van der Waals surface area (Å²) in [6.45, 7) is 0. The molecule has 45 valence electrons. The molecule has 0 spiro atoms. The molecule has 0 N–H and O–H groups in total. The summed E-state index contributed by atoms with van der Waals surface area (Å²) in [5.41, 5.74) is 0. The second kappa shape index (κ2) is 7.98. The van der Waals surface area contributed by atoms with E-state index in [0.29, 0.717) is 0 Å². The fraction of sp³-hybridized carbons (Fsp3) is 0. The fourth-order valence-electron chi connectivity index (χ4n) is 0. The first-order valence-electron chi connectivity index (χ1n) is 0.667. The van der Waals surface area contributed by atoms with Crippen LogP contribution in [0, 0.1) is 0 Å². The molecule has 0 fully saturated rings. The van der Waals surface area contributed by atoms with Crippen molar-refractivity contribution in [1.82, 2.24) is 0 Å². The maximum atomic E-state index is 8.52. The van der Waals surface area contributed by atoms with Gasteiger partial charge in [0.2, 0.25) is 0 Å². The minimum Gasteiger partial charge on any atom is -1.00 e. The van der Waals surface area contributed by atoms with Crippen LogP contribution in [0.3, 0.4) is 0 Å². The van der Waals surface area contributed by atoms with Crippen LogP contribution in [0.2, 0.25) is 0 Å². The molecule has 0 amide bonds. The molecular weight excluding hydrogens is 173 g/mol. The van der Waals surface area contributed by atoms with Gasteiger partial charge in [0.05, 0.1) is 0 Å². The summed E-state index contributed by atoms with van der Waals surface area (Å²) >= 11 is 0. The Labute approximate surface area is 70.0 Å². The van der Waals surface area contributed by atoms with E-state index in [4.69, 9.17) is 17.5 Å².